The second-order valence-corrected chi connectivity index (χ2v) is 7.10. The summed E-state index contributed by atoms with van der Waals surface area (Å²) in [5.41, 5.74) is 9.46. The molecular formula is C22H26N6. The molecule has 1 aliphatic heterocycles. The standard InChI is InChI=1S/C22H26N6/c1-24-22(19-10-12-26-21(19)23)28-13-5-7-17(15-28)16-6-4-8-18(14-16)27-20-9-2-3-11-25-20/h2-4,6,8-12,14,17,26H,5,7,13,15,23H2,1H3,(H,25,27). The first-order chi connectivity index (χ1) is 13.7. The molecule has 1 fully saturated rings. The summed E-state index contributed by atoms with van der Waals surface area (Å²) >= 11 is 0. The Hall–Kier alpha value is -3.28. The molecule has 0 radical (unpaired) electrons. The number of likely N-dealkylation sites (tertiary alicyclic amines) is 1. The van der Waals surface area contributed by atoms with Crippen LogP contribution in [0.4, 0.5) is 17.3 Å². The topological polar surface area (TPSA) is 82.3 Å². The highest BCUT2D eigenvalue weighted by Crippen LogP contribution is 2.30. The summed E-state index contributed by atoms with van der Waals surface area (Å²) in [6.07, 6.45) is 5.96. The summed E-state index contributed by atoms with van der Waals surface area (Å²) in [4.78, 5) is 14.3. The lowest BCUT2D eigenvalue weighted by Gasteiger charge is -2.35. The van der Waals surface area contributed by atoms with Crippen molar-refractivity contribution in [2.75, 3.05) is 31.2 Å². The number of piperidine rings is 1. The Morgan fingerprint density at radius 1 is 1.25 bits per heavy atom. The average Bonchev–Trinajstić information content (AvgIpc) is 3.16. The number of rotatable bonds is 4. The Balaban J connectivity index is 1.52. The van der Waals surface area contributed by atoms with Gasteiger partial charge in [0.25, 0.3) is 0 Å². The number of hydrogen-bond donors (Lipinski definition) is 3. The third kappa shape index (κ3) is 3.86. The number of pyridine rings is 1. The SMILES string of the molecule is CN=C(c1cc[nH]c1N)N1CCCC(c2cccc(Nc3ccccn3)c2)C1. The molecule has 0 spiro atoms. The molecule has 6 nitrogen and oxygen atoms in total. The Morgan fingerprint density at radius 3 is 2.93 bits per heavy atom. The van der Waals surface area contributed by atoms with Gasteiger partial charge in [0, 0.05) is 44.1 Å². The number of nitrogens with one attached hydrogen (secondary N) is 2. The van der Waals surface area contributed by atoms with E-state index in [1.807, 2.05) is 37.5 Å². The molecule has 1 aromatic carbocycles. The number of nitrogens with two attached hydrogens (primary N) is 1. The number of benzene rings is 1. The minimum absolute atomic E-state index is 0.455. The first-order valence-corrected chi connectivity index (χ1v) is 9.67. The van der Waals surface area contributed by atoms with E-state index in [1.54, 1.807) is 6.20 Å². The predicted octanol–water partition coefficient (Wildman–Crippen LogP) is 3.99. The van der Waals surface area contributed by atoms with Gasteiger partial charge in [-0.1, -0.05) is 18.2 Å². The Morgan fingerprint density at radius 2 is 2.18 bits per heavy atom. The van der Waals surface area contributed by atoms with Gasteiger partial charge in [-0.05, 0) is 48.7 Å². The van der Waals surface area contributed by atoms with Gasteiger partial charge < -0.3 is 20.9 Å². The maximum atomic E-state index is 6.09. The van der Waals surface area contributed by atoms with Crippen LogP contribution in [-0.2, 0) is 0 Å². The number of H-pyrrole nitrogens is 1. The first-order valence-electron chi connectivity index (χ1n) is 9.67. The van der Waals surface area contributed by atoms with Crippen LogP contribution in [0.25, 0.3) is 0 Å². The molecule has 1 unspecified atom stereocenters. The zero-order chi connectivity index (χ0) is 19.3. The van der Waals surface area contributed by atoms with Crippen molar-refractivity contribution >= 4 is 23.2 Å². The summed E-state index contributed by atoms with van der Waals surface area (Å²) < 4.78 is 0. The zero-order valence-corrected chi connectivity index (χ0v) is 16.1. The molecule has 3 aromatic rings. The van der Waals surface area contributed by atoms with Crippen LogP contribution < -0.4 is 11.1 Å². The van der Waals surface area contributed by atoms with E-state index in [0.717, 1.165) is 42.4 Å². The van der Waals surface area contributed by atoms with Crippen LogP contribution >= 0.6 is 0 Å². The predicted molar refractivity (Wildman–Crippen MR) is 115 cm³/mol. The van der Waals surface area contributed by atoms with Crippen molar-refractivity contribution in [3.63, 3.8) is 0 Å². The number of anilines is 3. The van der Waals surface area contributed by atoms with Crippen LogP contribution in [0.5, 0.6) is 0 Å². The van der Waals surface area contributed by atoms with Gasteiger partial charge in [-0.2, -0.15) is 0 Å². The van der Waals surface area contributed by atoms with Gasteiger partial charge in [-0.15, -0.1) is 0 Å². The quantitative estimate of drug-likeness (QED) is 0.476. The lowest BCUT2D eigenvalue weighted by Crippen LogP contribution is -2.39. The molecule has 4 N–H and O–H groups in total. The van der Waals surface area contributed by atoms with Crippen molar-refractivity contribution in [3.05, 3.63) is 72.1 Å². The monoisotopic (exact) mass is 374 g/mol. The maximum absolute atomic E-state index is 6.09. The maximum Gasteiger partial charge on any atom is 0.134 e. The Kier molecular flexibility index (Phi) is 5.28. The van der Waals surface area contributed by atoms with E-state index in [1.165, 1.54) is 12.0 Å². The summed E-state index contributed by atoms with van der Waals surface area (Å²) in [6, 6.07) is 16.5. The van der Waals surface area contributed by atoms with Crippen molar-refractivity contribution in [3.8, 4) is 0 Å². The van der Waals surface area contributed by atoms with E-state index in [9.17, 15) is 0 Å². The van der Waals surface area contributed by atoms with Crippen LogP contribution in [0.3, 0.4) is 0 Å². The fourth-order valence-electron chi connectivity index (χ4n) is 3.91. The van der Waals surface area contributed by atoms with Crippen LogP contribution in [0, 0.1) is 0 Å². The van der Waals surface area contributed by atoms with Gasteiger partial charge >= 0.3 is 0 Å². The van der Waals surface area contributed by atoms with E-state index in [-0.39, 0.29) is 0 Å². The first kappa shape index (κ1) is 18.1. The Labute approximate surface area is 165 Å². The van der Waals surface area contributed by atoms with Crippen molar-refractivity contribution in [2.24, 2.45) is 4.99 Å². The molecule has 0 bridgehead atoms. The highest BCUT2D eigenvalue weighted by molar-refractivity contribution is 6.02. The molecule has 4 rings (SSSR count). The molecule has 1 aliphatic rings. The smallest absolute Gasteiger partial charge is 0.134 e. The molecule has 144 valence electrons. The highest BCUT2D eigenvalue weighted by atomic mass is 15.2. The van der Waals surface area contributed by atoms with E-state index in [4.69, 9.17) is 5.73 Å². The third-order valence-corrected chi connectivity index (χ3v) is 5.25. The highest BCUT2D eigenvalue weighted by Gasteiger charge is 2.25. The molecule has 0 aliphatic carbocycles. The van der Waals surface area contributed by atoms with E-state index in [0.29, 0.717) is 11.7 Å². The largest absolute Gasteiger partial charge is 0.385 e. The van der Waals surface area contributed by atoms with E-state index >= 15 is 0 Å². The van der Waals surface area contributed by atoms with Crippen LogP contribution in [0.2, 0.25) is 0 Å². The molecule has 2 aromatic heterocycles. The van der Waals surface area contributed by atoms with Gasteiger partial charge in [0.15, 0.2) is 0 Å². The molecule has 6 heteroatoms. The minimum Gasteiger partial charge on any atom is -0.385 e. The number of amidine groups is 1. The summed E-state index contributed by atoms with van der Waals surface area (Å²) in [5.74, 6) is 2.94. The molecule has 1 atom stereocenters. The normalized spacial score (nSPS) is 17.5. The number of aromatic amines is 1. The van der Waals surface area contributed by atoms with Crippen LogP contribution in [0.15, 0.2) is 65.9 Å². The number of aromatic nitrogens is 2. The molecular weight excluding hydrogens is 348 g/mol. The van der Waals surface area contributed by atoms with Crippen molar-refractivity contribution < 1.29 is 0 Å². The second kappa shape index (κ2) is 8.17. The van der Waals surface area contributed by atoms with Crippen molar-refractivity contribution in [2.45, 2.75) is 18.8 Å². The molecule has 0 saturated carbocycles. The number of aliphatic imine (C=N–C) groups is 1. The van der Waals surface area contributed by atoms with Gasteiger partial charge in [0.1, 0.15) is 17.5 Å². The molecule has 28 heavy (non-hydrogen) atoms. The van der Waals surface area contributed by atoms with E-state index < -0.39 is 0 Å². The lowest BCUT2D eigenvalue weighted by atomic mass is 9.90. The molecule has 1 saturated heterocycles. The fraction of sp³-hybridized carbons (Fsp3) is 0.273. The zero-order valence-electron chi connectivity index (χ0n) is 16.1. The number of nitrogen functional groups attached to an aromatic ring is 1. The number of hydrogen-bond acceptors (Lipinski definition) is 4. The minimum atomic E-state index is 0.455. The van der Waals surface area contributed by atoms with Gasteiger partial charge in [-0.3, -0.25) is 4.99 Å². The van der Waals surface area contributed by atoms with Gasteiger partial charge in [0.2, 0.25) is 0 Å². The Bertz CT molecular complexity index is 946. The summed E-state index contributed by atoms with van der Waals surface area (Å²) in [7, 11) is 1.84. The fourth-order valence-corrected chi connectivity index (χ4v) is 3.91. The molecule has 0 amide bonds. The lowest BCUT2D eigenvalue weighted by molar-refractivity contribution is 0.309. The molecule has 3 heterocycles. The third-order valence-electron chi connectivity index (χ3n) is 5.25. The summed E-state index contributed by atoms with van der Waals surface area (Å²) in [5, 5.41) is 3.39. The van der Waals surface area contributed by atoms with Gasteiger partial charge in [0.05, 0.1) is 5.56 Å². The van der Waals surface area contributed by atoms with Crippen molar-refractivity contribution in [1.82, 2.24) is 14.9 Å². The van der Waals surface area contributed by atoms with Crippen molar-refractivity contribution in [1.29, 1.82) is 0 Å². The van der Waals surface area contributed by atoms with E-state index in [2.05, 4.69) is 49.4 Å². The second-order valence-electron chi connectivity index (χ2n) is 7.10. The average molecular weight is 374 g/mol. The number of nitrogens with zero attached hydrogens (tertiary/aromatic N) is 3. The van der Waals surface area contributed by atoms with Gasteiger partial charge in [-0.25, -0.2) is 4.98 Å². The summed E-state index contributed by atoms with van der Waals surface area (Å²) in [6.45, 7) is 1.93. The van der Waals surface area contributed by atoms with Crippen LogP contribution in [-0.4, -0.2) is 40.8 Å². The van der Waals surface area contributed by atoms with Crippen LogP contribution in [0.1, 0.15) is 29.9 Å².